The Bertz CT molecular complexity index is 813. The van der Waals surface area contributed by atoms with Gasteiger partial charge in [-0.3, -0.25) is 9.69 Å². The lowest BCUT2D eigenvalue weighted by Gasteiger charge is -2.43. The van der Waals surface area contributed by atoms with E-state index in [0.717, 1.165) is 15.8 Å². The molecule has 27 heavy (non-hydrogen) atoms. The van der Waals surface area contributed by atoms with Gasteiger partial charge in [0.15, 0.2) is 0 Å². The molecule has 0 unspecified atom stereocenters. The van der Waals surface area contributed by atoms with Crippen molar-refractivity contribution in [2.75, 3.05) is 6.54 Å². The van der Waals surface area contributed by atoms with Crippen LogP contribution in [0.25, 0.3) is 0 Å². The highest BCUT2D eigenvalue weighted by Gasteiger charge is 2.56. The summed E-state index contributed by atoms with van der Waals surface area (Å²) in [4.78, 5) is 38.7. The molecule has 1 spiro atoms. The molecule has 1 saturated carbocycles. The molecular formula is C19H22BrClN2O4. The first-order chi connectivity index (χ1) is 12.5. The van der Waals surface area contributed by atoms with Crippen LogP contribution in [0, 0.1) is 11.3 Å². The first-order valence-corrected chi connectivity index (χ1v) is 9.98. The minimum Gasteiger partial charge on any atom is -0.424 e. The lowest BCUT2D eigenvalue weighted by atomic mass is 9.64. The van der Waals surface area contributed by atoms with Crippen LogP contribution in [0.3, 0.4) is 0 Å². The number of carbonyl (C=O) groups is 3. The molecule has 1 aromatic carbocycles. The van der Waals surface area contributed by atoms with Gasteiger partial charge in [-0.2, -0.15) is 0 Å². The third kappa shape index (κ3) is 4.14. The van der Waals surface area contributed by atoms with Crippen molar-refractivity contribution in [3.63, 3.8) is 0 Å². The van der Waals surface area contributed by atoms with E-state index in [-0.39, 0.29) is 22.1 Å². The summed E-state index contributed by atoms with van der Waals surface area (Å²) >= 11 is 9.32. The van der Waals surface area contributed by atoms with Crippen LogP contribution in [0.1, 0.15) is 40.0 Å². The van der Waals surface area contributed by atoms with Gasteiger partial charge < -0.3 is 10.1 Å². The largest absolute Gasteiger partial charge is 0.424 e. The van der Waals surface area contributed by atoms with E-state index in [1.165, 1.54) is 0 Å². The molecule has 1 heterocycles. The monoisotopic (exact) mass is 456 g/mol. The maximum atomic E-state index is 13.0. The molecule has 8 heteroatoms. The fourth-order valence-corrected chi connectivity index (χ4v) is 5.20. The summed E-state index contributed by atoms with van der Waals surface area (Å²) in [7, 11) is 0. The number of carbonyl (C=O) groups excluding carboxylic acids is 3. The topological polar surface area (TPSA) is 75.7 Å². The van der Waals surface area contributed by atoms with E-state index in [4.69, 9.17) is 16.3 Å². The summed E-state index contributed by atoms with van der Waals surface area (Å²) in [5.74, 6) is -0.598. The third-order valence-corrected chi connectivity index (χ3v) is 5.82. The first kappa shape index (κ1) is 20.1. The fraction of sp³-hybridized carbons (Fsp3) is 0.526. The smallest absolute Gasteiger partial charge is 0.331 e. The van der Waals surface area contributed by atoms with Crippen LogP contribution < -0.4 is 10.1 Å². The van der Waals surface area contributed by atoms with Gasteiger partial charge in [0.25, 0.3) is 5.91 Å². The average Bonchev–Trinajstić information content (AvgIpc) is 2.72. The number of rotatable bonds is 3. The van der Waals surface area contributed by atoms with E-state index in [9.17, 15) is 14.4 Å². The van der Waals surface area contributed by atoms with Crippen LogP contribution in [0.4, 0.5) is 4.79 Å². The Hall–Kier alpha value is -1.60. The van der Waals surface area contributed by atoms with Crippen LogP contribution >= 0.6 is 27.5 Å². The van der Waals surface area contributed by atoms with E-state index in [1.54, 1.807) is 18.2 Å². The van der Waals surface area contributed by atoms with Gasteiger partial charge >= 0.3 is 12.0 Å². The number of hydrogen-bond acceptors (Lipinski definition) is 4. The van der Waals surface area contributed by atoms with Crippen molar-refractivity contribution in [3.8, 4) is 5.75 Å². The second-order valence-corrected chi connectivity index (χ2v) is 9.63. The number of benzene rings is 1. The molecule has 1 aliphatic carbocycles. The Morgan fingerprint density at radius 2 is 2.07 bits per heavy atom. The van der Waals surface area contributed by atoms with Gasteiger partial charge in [-0.1, -0.05) is 48.3 Å². The minimum absolute atomic E-state index is 0.0674. The lowest BCUT2D eigenvalue weighted by Crippen LogP contribution is -2.54. The Morgan fingerprint density at radius 1 is 1.37 bits per heavy atom. The minimum atomic E-state index is -0.937. The van der Waals surface area contributed by atoms with Crippen LogP contribution in [-0.4, -0.2) is 34.9 Å². The molecule has 6 nitrogen and oxygen atoms in total. The molecular weight excluding hydrogens is 436 g/mol. The van der Waals surface area contributed by atoms with Crippen molar-refractivity contribution < 1.29 is 19.1 Å². The second kappa shape index (κ2) is 7.09. The summed E-state index contributed by atoms with van der Waals surface area (Å²) < 4.78 is 5.98. The number of nitrogens with one attached hydrogen (secondary N) is 1. The van der Waals surface area contributed by atoms with Crippen molar-refractivity contribution in [2.24, 2.45) is 11.3 Å². The van der Waals surface area contributed by atoms with Crippen LogP contribution in [0.2, 0.25) is 5.02 Å². The number of ether oxygens (including phenoxy) is 1. The molecule has 1 saturated heterocycles. The van der Waals surface area contributed by atoms with E-state index >= 15 is 0 Å². The number of imide groups is 1. The fourth-order valence-electron chi connectivity index (χ4n) is 4.49. The molecule has 1 aliphatic heterocycles. The Balaban J connectivity index is 1.73. The molecule has 0 aromatic heterocycles. The SMILES string of the molecule is C[C@@H]1CC(C)(C)C[C@@]2(C1)NC(=O)N(CC(=O)Oc1ccc(Br)cc1Cl)C2=O. The summed E-state index contributed by atoms with van der Waals surface area (Å²) in [5.41, 5.74) is -1.00. The van der Waals surface area contributed by atoms with Gasteiger partial charge in [-0.05, 0) is 48.8 Å². The maximum Gasteiger partial charge on any atom is 0.331 e. The maximum absolute atomic E-state index is 13.0. The second-order valence-electron chi connectivity index (χ2n) is 8.31. The number of amides is 3. The van der Waals surface area contributed by atoms with Crippen molar-refractivity contribution >= 4 is 45.4 Å². The van der Waals surface area contributed by atoms with Crippen molar-refractivity contribution in [2.45, 2.75) is 45.6 Å². The average molecular weight is 458 g/mol. The Morgan fingerprint density at radius 3 is 2.70 bits per heavy atom. The predicted octanol–water partition coefficient (Wildman–Crippen LogP) is 4.14. The number of halogens is 2. The van der Waals surface area contributed by atoms with Crippen molar-refractivity contribution in [1.82, 2.24) is 10.2 Å². The molecule has 2 atom stereocenters. The van der Waals surface area contributed by atoms with Gasteiger partial charge in [-0.25, -0.2) is 9.59 Å². The summed E-state index contributed by atoms with van der Waals surface area (Å²) in [6.07, 6.45) is 2.12. The highest BCUT2D eigenvalue weighted by Crippen LogP contribution is 2.46. The number of hydrogen-bond donors (Lipinski definition) is 1. The number of urea groups is 1. The molecule has 0 bridgehead atoms. The molecule has 2 aliphatic rings. The van der Waals surface area contributed by atoms with Crippen molar-refractivity contribution in [3.05, 3.63) is 27.7 Å². The highest BCUT2D eigenvalue weighted by atomic mass is 79.9. The van der Waals surface area contributed by atoms with Gasteiger partial charge in [0.2, 0.25) is 0 Å². The van der Waals surface area contributed by atoms with Gasteiger partial charge in [0.1, 0.15) is 17.8 Å². The number of nitrogens with zero attached hydrogens (tertiary/aromatic N) is 1. The van der Waals surface area contributed by atoms with Crippen LogP contribution in [0.15, 0.2) is 22.7 Å². The zero-order chi connectivity index (χ0) is 20.0. The quantitative estimate of drug-likeness (QED) is 0.420. The normalized spacial score (nSPS) is 27.0. The van der Waals surface area contributed by atoms with Gasteiger partial charge in [-0.15, -0.1) is 0 Å². The standard InChI is InChI=1S/C19H22BrClN2O4/c1-11-7-18(2,3)10-19(8-11)16(25)23(17(26)22-19)9-15(24)27-14-5-4-12(20)6-13(14)21/h4-6,11H,7-10H2,1-3H3,(H,22,26)/t11-,19-/m1/s1. The predicted molar refractivity (Wildman–Crippen MR) is 105 cm³/mol. The Kier molecular flexibility index (Phi) is 5.29. The molecule has 3 amide bonds. The lowest BCUT2D eigenvalue weighted by molar-refractivity contribution is -0.142. The van der Waals surface area contributed by atoms with Crippen molar-refractivity contribution in [1.29, 1.82) is 0 Å². The molecule has 2 fully saturated rings. The molecule has 3 rings (SSSR count). The van der Waals surface area contributed by atoms with E-state index in [2.05, 4.69) is 42.0 Å². The first-order valence-electron chi connectivity index (χ1n) is 8.81. The summed E-state index contributed by atoms with van der Waals surface area (Å²) in [6, 6.07) is 4.27. The molecule has 0 radical (unpaired) electrons. The highest BCUT2D eigenvalue weighted by molar-refractivity contribution is 9.10. The van der Waals surface area contributed by atoms with Gasteiger partial charge in [0, 0.05) is 4.47 Å². The van der Waals surface area contributed by atoms with Crippen LogP contribution in [-0.2, 0) is 9.59 Å². The zero-order valence-electron chi connectivity index (χ0n) is 15.5. The van der Waals surface area contributed by atoms with Crippen LogP contribution in [0.5, 0.6) is 5.75 Å². The third-order valence-electron chi connectivity index (χ3n) is 5.03. The molecule has 1 aromatic rings. The molecule has 1 N–H and O–H groups in total. The number of esters is 1. The summed E-state index contributed by atoms with van der Waals surface area (Å²) in [5, 5.41) is 3.10. The molecule has 146 valence electrons. The van der Waals surface area contributed by atoms with E-state index in [0.29, 0.717) is 18.8 Å². The Labute approximate surface area is 171 Å². The summed E-state index contributed by atoms with van der Waals surface area (Å²) in [6.45, 7) is 5.81. The van der Waals surface area contributed by atoms with Gasteiger partial charge in [0.05, 0.1) is 5.02 Å². The zero-order valence-corrected chi connectivity index (χ0v) is 17.8. The van der Waals surface area contributed by atoms with E-state index < -0.39 is 24.1 Å². The van der Waals surface area contributed by atoms with E-state index in [1.807, 2.05) is 0 Å².